The van der Waals surface area contributed by atoms with E-state index in [1.54, 1.807) is 29.8 Å². The Morgan fingerprint density at radius 2 is 1.73 bits per heavy atom. The first-order chi connectivity index (χ1) is 17.8. The number of aryl methyl sites for hydroxylation is 1. The molecular weight excluding hydrogens is 466 g/mol. The fraction of sp³-hybridized carbons (Fsp3) is 0.250. The van der Waals surface area contributed by atoms with E-state index in [-0.39, 0.29) is 11.8 Å². The Kier molecular flexibility index (Phi) is 6.54. The van der Waals surface area contributed by atoms with Crippen LogP contribution in [0.2, 0.25) is 0 Å². The van der Waals surface area contributed by atoms with Crippen LogP contribution < -0.4 is 16.0 Å². The van der Waals surface area contributed by atoms with E-state index in [4.69, 9.17) is 5.73 Å². The Hall–Kier alpha value is -4.37. The second-order valence-electron chi connectivity index (χ2n) is 9.81. The van der Waals surface area contributed by atoms with E-state index >= 15 is 0 Å². The monoisotopic (exact) mass is 495 g/mol. The molecule has 188 valence electrons. The molecule has 0 fully saturated rings. The van der Waals surface area contributed by atoms with E-state index in [0.717, 1.165) is 33.6 Å². The van der Waals surface area contributed by atoms with Crippen LogP contribution in [0.1, 0.15) is 31.4 Å². The number of rotatable bonds is 6. The number of carbonyl (C=O) groups excluding carboxylic acids is 2. The Labute approximate surface area is 215 Å². The lowest BCUT2D eigenvalue weighted by Gasteiger charge is -2.28. The number of para-hydroxylation sites is 2. The normalized spacial score (nSPS) is 15.7. The summed E-state index contributed by atoms with van der Waals surface area (Å²) in [6, 6.07) is 23.2. The summed E-state index contributed by atoms with van der Waals surface area (Å²) in [5, 5.41) is 14.4. The maximum atomic E-state index is 13.7. The summed E-state index contributed by atoms with van der Waals surface area (Å²) in [6.07, 6.45) is 2.76. The highest BCUT2D eigenvalue weighted by Crippen LogP contribution is 2.30. The van der Waals surface area contributed by atoms with Gasteiger partial charge in [-0.25, -0.2) is 0 Å². The van der Waals surface area contributed by atoms with Crippen LogP contribution in [0.3, 0.4) is 0 Å². The minimum atomic E-state index is -1.07. The first kappa shape index (κ1) is 24.3. The van der Waals surface area contributed by atoms with Gasteiger partial charge < -0.3 is 16.0 Å². The molecule has 0 bridgehead atoms. The van der Waals surface area contributed by atoms with E-state index in [0.29, 0.717) is 19.4 Å². The van der Waals surface area contributed by atoms with E-state index in [1.165, 1.54) is 0 Å². The third kappa shape index (κ3) is 5.12. The lowest BCUT2D eigenvalue weighted by Crippen LogP contribution is -2.56. The lowest BCUT2D eigenvalue weighted by molar-refractivity contribution is -0.130. The number of fused-ring (bicyclic) bond motifs is 1. The number of nitrogens with two attached hydrogens (primary N) is 1. The third-order valence-electron chi connectivity index (χ3n) is 6.54. The number of carbonyl (C=O) groups is 2. The number of anilines is 1. The SMILES string of the molecule is CC(C)(N)C(=O)NC1CCc2ccccc2N(Cc2ccc(-c3ccccc3-n3cnnn3)cc2)C1=O. The third-order valence-corrected chi connectivity index (χ3v) is 6.54. The van der Waals surface area contributed by atoms with Crippen molar-refractivity contribution in [3.05, 3.63) is 90.3 Å². The summed E-state index contributed by atoms with van der Waals surface area (Å²) in [5.41, 5.74) is 10.7. The van der Waals surface area contributed by atoms with E-state index in [2.05, 4.69) is 20.8 Å². The van der Waals surface area contributed by atoms with Crippen LogP contribution >= 0.6 is 0 Å². The molecule has 1 aromatic heterocycles. The quantitative estimate of drug-likeness (QED) is 0.424. The fourth-order valence-corrected chi connectivity index (χ4v) is 4.52. The Balaban J connectivity index is 1.43. The molecule has 0 spiro atoms. The molecule has 4 aromatic rings. The summed E-state index contributed by atoms with van der Waals surface area (Å²) in [6.45, 7) is 3.65. The molecule has 1 aliphatic heterocycles. The minimum Gasteiger partial charge on any atom is -0.343 e. The number of aromatic nitrogens is 4. The number of nitrogens with zero attached hydrogens (tertiary/aromatic N) is 5. The second-order valence-corrected chi connectivity index (χ2v) is 9.81. The molecular formula is C28H29N7O2. The molecule has 0 saturated heterocycles. The van der Waals surface area contributed by atoms with Gasteiger partial charge in [0.25, 0.3) is 0 Å². The molecule has 3 N–H and O–H groups in total. The van der Waals surface area contributed by atoms with Crippen LogP contribution in [0.25, 0.3) is 16.8 Å². The minimum absolute atomic E-state index is 0.143. The molecule has 0 aliphatic carbocycles. The number of hydrogen-bond acceptors (Lipinski definition) is 6. The number of nitrogens with one attached hydrogen (secondary N) is 1. The first-order valence-corrected chi connectivity index (χ1v) is 12.2. The molecule has 0 radical (unpaired) electrons. The predicted molar refractivity (Wildman–Crippen MR) is 141 cm³/mol. The fourth-order valence-electron chi connectivity index (χ4n) is 4.52. The average Bonchev–Trinajstić information content (AvgIpc) is 3.40. The molecule has 5 rings (SSSR count). The van der Waals surface area contributed by atoms with Crippen molar-refractivity contribution in [1.82, 2.24) is 25.5 Å². The van der Waals surface area contributed by atoms with Crippen molar-refractivity contribution in [2.45, 2.75) is 44.8 Å². The van der Waals surface area contributed by atoms with Gasteiger partial charge in [-0.05, 0) is 65.9 Å². The van der Waals surface area contributed by atoms with Gasteiger partial charge in [-0.15, -0.1) is 5.10 Å². The number of benzene rings is 3. The molecule has 37 heavy (non-hydrogen) atoms. The van der Waals surface area contributed by atoms with Crippen molar-refractivity contribution in [3.8, 4) is 16.8 Å². The smallest absolute Gasteiger partial charge is 0.249 e. The molecule has 0 saturated carbocycles. The van der Waals surface area contributed by atoms with Gasteiger partial charge in [0, 0.05) is 11.3 Å². The molecule has 3 aromatic carbocycles. The van der Waals surface area contributed by atoms with E-state index in [9.17, 15) is 9.59 Å². The van der Waals surface area contributed by atoms with Gasteiger partial charge in [-0.1, -0.05) is 60.7 Å². The second kappa shape index (κ2) is 9.94. The molecule has 1 unspecified atom stereocenters. The zero-order valence-electron chi connectivity index (χ0n) is 20.8. The van der Waals surface area contributed by atoms with Crippen molar-refractivity contribution < 1.29 is 9.59 Å². The van der Waals surface area contributed by atoms with Crippen LogP contribution in [-0.4, -0.2) is 43.6 Å². The molecule has 2 amide bonds. The molecule has 1 aliphatic rings. The predicted octanol–water partition coefficient (Wildman–Crippen LogP) is 3.03. The zero-order chi connectivity index (χ0) is 26.0. The van der Waals surface area contributed by atoms with Crippen molar-refractivity contribution >= 4 is 17.5 Å². The van der Waals surface area contributed by atoms with E-state index < -0.39 is 11.6 Å². The van der Waals surface area contributed by atoms with Crippen LogP contribution in [0.5, 0.6) is 0 Å². The molecule has 1 atom stereocenters. The summed E-state index contributed by atoms with van der Waals surface area (Å²) in [4.78, 5) is 28.0. The van der Waals surface area contributed by atoms with Gasteiger partial charge in [0.15, 0.2) is 0 Å². The van der Waals surface area contributed by atoms with Gasteiger partial charge >= 0.3 is 0 Å². The molecule has 9 nitrogen and oxygen atoms in total. The van der Waals surface area contributed by atoms with Crippen LogP contribution in [0, 0.1) is 0 Å². The van der Waals surface area contributed by atoms with Gasteiger partial charge in [0.05, 0.1) is 17.8 Å². The summed E-state index contributed by atoms with van der Waals surface area (Å²) in [5.74, 6) is -0.488. The highest BCUT2D eigenvalue weighted by Gasteiger charge is 2.34. The maximum Gasteiger partial charge on any atom is 0.249 e. The highest BCUT2D eigenvalue weighted by molar-refractivity contribution is 6.01. The van der Waals surface area contributed by atoms with Crippen LogP contribution in [0.4, 0.5) is 5.69 Å². The van der Waals surface area contributed by atoms with Crippen molar-refractivity contribution in [1.29, 1.82) is 0 Å². The number of tetrazole rings is 1. The summed E-state index contributed by atoms with van der Waals surface area (Å²) in [7, 11) is 0. The van der Waals surface area contributed by atoms with Gasteiger partial charge in [0.2, 0.25) is 11.8 Å². The lowest BCUT2D eigenvalue weighted by atomic mass is 10.0. The van der Waals surface area contributed by atoms with Gasteiger partial charge in [-0.3, -0.25) is 9.59 Å². The summed E-state index contributed by atoms with van der Waals surface area (Å²) < 4.78 is 1.63. The van der Waals surface area contributed by atoms with Crippen molar-refractivity contribution in [3.63, 3.8) is 0 Å². The first-order valence-electron chi connectivity index (χ1n) is 12.2. The zero-order valence-corrected chi connectivity index (χ0v) is 20.8. The number of hydrogen-bond donors (Lipinski definition) is 2. The van der Waals surface area contributed by atoms with Gasteiger partial charge in [0.1, 0.15) is 12.4 Å². The van der Waals surface area contributed by atoms with E-state index in [1.807, 2.05) is 72.8 Å². The topological polar surface area (TPSA) is 119 Å². The highest BCUT2D eigenvalue weighted by atomic mass is 16.2. The standard InChI is InChI=1S/C28H29N7O2/c1-28(2,29)27(37)31-23-16-15-21-7-3-5-9-24(21)34(26(23)36)17-19-11-13-20(14-12-19)22-8-4-6-10-25(22)35-18-30-32-33-35/h3-14,18,23H,15-17,29H2,1-2H3,(H,31,37). The van der Waals surface area contributed by atoms with Crippen LogP contribution in [-0.2, 0) is 22.6 Å². The average molecular weight is 496 g/mol. The van der Waals surface area contributed by atoms with Crippen molar-refractivity contribution in [2.75, 3.05) is 4.90 Å². The molecule has 9 heteroatoms. The maximum absolute atomic E-state index is 13.7. The Morgan fingerprint density at radius 1 is 1.03 bits per heavy atom. The Morgan fingerprint density at radius 3 is 2.43 bits per heavy atom. The largest absolute Gasteiger partial charge is 0.343 e. The summed E-state index contributed by atoms with van der Waals surface area (Å²) >= 11 is 0. The van der Waals surface area contributed by atoms with Crippen molar-refractivity contribution in [2.24, 2.45) is 5.73 Å². The Bertz CT molecular complexity index is 1410. The molecule has 2 heterocycles. The van der Waals surface area contributed by atoms with Gasteiger partial charge in [-0.2, -0.15) is 4.68 Å². The number of amides is 2. The van der Waals surface area contributed by atoms with Crippen LogP contribution in [0.15, 0.2) is 79.1 Å².